The number of phenolic OH excluding ortho intramolecular Hbond substituents is 1. The van der Waals surface area contributed by atoms with Gasteiger partial charge in [-0.25, -0.2) is 4.79 Å². The number of likely N-dealkylation sites (N-methyl/N-ethyl adjacent to an activating group) is 1. The number of hydrogen-bond donors (Lipinski definition) is 8. The van der Waals surface area contributed by atoms with Crippen LogP contribution in [-0.2, 0) is 19.1 Å². The zero-order chi connectivity index (χ0) is 33.0. The summed E-state index contributed by atoms with van der Waals surface area (Å²) in [7, 11) is 2.88. The molecule has 3 aliphatic carbocycles. The van der Waals surface area contributed by atoms with E-state index in [0.717, 1.165) is 0 Å². The van der Waals surface area contributed by atoms with Crippen LogP contribution in [0, 0.1) is 11.8 Å². The fourth-order valence-corrected chi connectivity index (χ4v) is 6.38. The summed E-state index contributed by atoms with van der Waals surface area (Å²) in [5.74, 6) is -11.1. The third kappa shape index (κ3) is 4.69. The summed E-state index contributed by atoms with van der Waals surface area (Å²) in [4.78, 5) is 65.4. The number of ether oxygens (including phenoxy) is 1. The highest BCUT2D eigenvalue weighted by molar-refractivity contribution is 6.25. The van der Waals surface area contributed by atoms with Gasteiger partial charge in [-0.3, -0.25) is 24.1 Å². The topological polar surface area (TPSA) is 249 Å². The number of benzene rings is 1. The van der Waals surface area contributed by atoms with Crippen molar-refractivity contribution >= 4 is 35.2 Å². The first-order valence-corrected chi connectivity index (χ1v) is 13.6. The SMILES string of the molecule is C=CCOC(=O)NC(C)C(=O)Nc1ccc2c(c1O)C(=O)C1=C(O)C3(O)C(=O)C(C(N)=O)=C(O)C(N(C)C)C3C(O)C1C2C. The number of aliphatic hydroxyl groups excluding tert-OH is 3. The number of ketones is 2. The average Bonchev–Trinajstić information content (AvgIpc) is 2.94. The minimum Gasteiger partial charge on any atom is -0.510 e. The number of nitrogens with zero attached hydrogens (tertiary/aromatic N) is 1. The number of aromatic hydroxyl groups is 1. The number of alkyl carbamates (subject to hydrolysis) is 1. The lowest BCUT2D eigenvalue weighted by Gasteiger charge is -2.53. The summed E-state index contributed by atoms with van der Waals surface area (Å²) >= 11 is 0. The standard InChI is InChI=1S/C29H34N4O11/c1-6-9-44-28(42)31-11(3)27(41)32-13-8-7-12-10(2)14-16(21(35)15(12)20(13)34)24(38)29(43)18(22(14)36)19(33(4)5)23(37)17(25(29)39)26(30)40/h6-8,10-11,14,18-19,22,34,36-38,43H,1,9H2,2-5H3,(H2,30,40)(H,31,42)(H,32,41). The number of amides is 3. The predicted octanol–water partition coefficient (Wildman–Crippen LogP) is -0.108. The molecule has 0 saturated heterocycles. The van der Waals surface area contributed by atoms with Crippen LogP contribution in [0.4, 0.5) is 10.5 Å². The molecule has 0 saturated carbocycles. The molecule has 236 valence electrons. The summed E-state index contributed by atoms with van der Waals surface area (Å²) in [6, 6.07) is 0.208. The monoisotopic (exact) mass is 614 g/mol. The Labute approximate surface area is 251 Å². The van der Waals surface area contributed by atoms with E-state index < -0.39 is 99.4 Å². The number of rotatable bonds is 7. The molecule has 3 aliphatic rings. The van der Waals surface area contributed by atoms with Gasteiger partial charge in [0.1, 0.15) is 29.7 Å². The molecule has 9 N–H and O–H groups in total. The van der Waals surface area contributed by atoms with Gasteiger partial charge in [-0.1, -0.05) is 25.6 Å². The number of phenols is 1. The van der Waals surface area contributed by atoms with Crippen LogP contribution in [0.15, 0.2) is 47.5 Å². The highest BCUT2D eigenvalue weighted by Gasteiger charge is 2.67. The number of nitrogens with one attached hydrogen (secondary N) is 2. The Morgan fingerprint density at radius 1 is 1.20 bits per heavy atom. The molecule has 0 aromatic heterocycles. The molecule has 0 bridgehead atoms. The van der Waals surface area contributed by atoms with E-state index in [1.807, 2.05) is 0 Å². The summed E-state index contributed by atoms with van der Waals surface area (Å²) in [5, 5.41) is 61.6. The maximum Gasteiger partial charge on any atom is 0.408 e. The molecule has 0 heterocycles. The second kappa shape index (κ2) is 11.4. The van der Waals surface area contributed by atoms with Crippen molar-refractivity contribution in [3.63, 3.8) is 0 Å². The molecule has 0 radical (unpaired) electrons. The average molecular weight is 615 g/mol. The molecule has 1 aromatic carbocycles. The number of aliphatic hydroxyl groups is 4. The predicted molar refractivity (Wildman–Crippen MR) is 153 cm³/mol. The maximum atomic E-state index is 13.9. The zero-order valence-corrected chi connectivity index (χ0v) is 24.3. The normalized spacial score (nSPS) is 28.5. The van der Waals surface area contributed by atoms with Gasteiger partial charge in [-0.2, -0.15) is 0 Å². The van der Waals surface area contributed by atoms with Gasteiger partial charge in [-0.15, -0.1) is 0 Å². The summed E-state index contributed by atoms with van der Waals surface area (Å²) < 4.78 is 4.77. The number of carbonyl (C=O) groups is 5. The summed E-state index contributed by atoms with van der Waals surface area (Å²) in [6.07, 6.45) is -1.31. The van der Waals surface area contributed by atoms with Crippen molar-refractivity contribution in [2.45, 2.75) is 43.6 Å². The molecular formula is C29H34N4O11. The third-order valence-electron chi connectivity index (χ3n) is 8.45. The summed E-state index contributed by atoms with van der Waals surface area (Å²) in [5.41, 5.74) is 0.287. The van der Waals surface area contributed by atoms with Gasteiger partial charge in [0.15, 0.2) is 17.1 Å². The first-order valence-electron chi connectivity index (χ1n) is 13.6. The van der Waals surface area contributed by atoms with E-state index in [9.17, 15) is 49.5 Å². The molecular weight excluding hydrogens is 580 g/mol. The lowest BCUT2D eigenvalue weighted by atomic mass is 9.55. The molecule has 0 aliphatic heterocycles. The van der Waals surface area contributed by atoms with Crippen LogP contribution >= 0.6 is 0 Å². The van der Waals surface area contributed by atoms with Crippen LogP contribution in [-0.4, -0.2) is 104 Å². The lowest BCUT2D eigenvalue weighted by molar-refractivity contribution is -0.162. The smallest absolute Gasteiger partial charge is 0.408 e. The van der Waals surface area contributed by atoms with Crippen molar-refractivity contribution in [3.8, 4) is 5.75 Å². The highest BCUT2D eigenvalue weighted by Crippen LogP contribution is 2.56. The molecule has 15 heteroatoms. The Hall–Kier alpha value is -4.73. The van der Waals surface area contributed by atoms with Gasteiger partial charge in [0.05, 0.1) is 29.3 Å². The number of Topliss-reactive ketones (excluding diaryl/α,β-unsaturated/α-hetero) is 2. The number of fused-ring (bicyclic) bond motifs is 3. The molecule has 44 heavy (non-hydrogen) atoms. The Morgan fingerprint density at radius 2 is 1.84 bits per heavy atom. The molecule has 0 fully saturated rings. The third-order valence-corrected chi connectivity index (χ3v) is 8.45. The Morgan fingerprint density at radius 3 is 2.41 bits per heavy atom. The van der Waals surface area contributed by atoms with E-state index in [2.05, 4.69) is 17.2 Å². The van der Waals surface area contributed by atoms with Crippen molar-refractivity contribution < 1.29 is 54.2 Å². The number of carbonyl (C=O) groups excluding carboxylic acids is 5. The van der Waals surface area contributed by atoms with E-state index >= 15 is 0 Å². The number of primary amides is 1. The Bertz CT molecular complexity index is 1550. The van der Waals surface area contributed by atoms with E-state index in [-0.39, 0.29) is 23.4 Å². The Kier molecular flexibility index (Phi) is 8.34. The molecule has 0 spiro atoms. The second-order valence-corrected chi connectivity index (χ2v) is 11.2. The quantitative estimate of drug-likeness (QED) is 0.114. The zero-order valence-electron chi connectivity index (χ0n) is 24.3. The van der Waals surface area contributed by atoms with Crippen molar-refractivity contribution in [2.75, 3.05) is 26.0 Å². The van der Waals surface area contributed by atoms with Crippen molar-refractivity contribution in [1.82, 2.24) is 10.2 Å². The van der Waals surface area contributed by atoms with Crippen molar-refractivity contribution in [2.24, 2.45) is 17.6 Å². The number of hydrogen-bond acceptors (Lipinski definition) is 12. The molecule has 4 rings (SSSR count). The summed E-state index contributed by atoms with van der Waals surface area (Å²) in [6.45, 7) is 6.24. The minimum absolute atomic E-state index is 0.0942. The van der Waals surface area contributed by atoms with E-state index in [1.165, 1.54) is 44.1 Å². The van der Waals surface area contributed by atoms with Crippen LogP contribution in [0.1, 0.15) is 35.7 Å². The van der Waals surface area contributed by atoms with Crippen LogP contribution in [0.2, 0.25) is 0 Å². The van der Waals surface area contributed by atoms with Gasteiger partial charge in [-0.05, 0) is 38.6 Å². The number of nitrogens with two attached hydrogens (primary N) is 1. The van der Waals surface area contributed by atoms with Crippen LogP contribution in [0.5, 0.6) is 5.75 Å². The van der Waals surface area contributed by atoms with Crippen LogP contribution in [0.3, 0.4) is 0 Å². The van der Waals surface area contributed by atoms with E-state index in [1.54, 1.807) is 6.92 Å². The second-order valence-electron chi connectivity index (χ2n) is 11.2. The largest absolute Gasteiger partial charge is 0.510 e. The van der Waals surface area contributed by atoms with Crippen LogP contribution in [0.25, 0.3) is 0 Å². The Balaban J connectivity index is 1.80. The minimum atomic E-state index is -3.05. The van der Waals surface area contributed by atoms with Gasteiger partial charge >= 0.3 is 6.09 Å². The molecule has 1 aromatic rings. The van der Waals surface area contributed by atoms with Gasteiger partial charge in [0.25, 0.3) is 5.91 Å². The highest BCUT2D eigenvalue weighted by atomic mass is 16.5. The van der Waals surface area contributed by atoms with Crippen molar-refractivity contribution in [3.05, 3.63) is 58.6 Å². The molecule has 15 nitrogen and oxygen atoms in total. The van der Waals surface area contributed by atoms with Crippen molar-refractivity contribution in [1.29, 1.82) is 0 Å². The number of anilines is 1. The fourth-order valence-electron chi connectivity index (χ4n) is 6.38. The van der Waals surface area contributed by atoms with E-state index in [0.29, 0.717) is 0 Å². The first-order chi connectivity index (χ1) is 20.5. The molecule has 7 atom stereocenters. The molecule has 3 amide bonds. The molecule has 7 unspecified atom stereocenters. The van der Waals surface area contributed by atoms with Gasteiger partial charge < -0.3 is 46.6 Å². The lowest BCUT2D eigenvalue weighted by Crippen LogP contribution is -2.68. The first kappa shape index (κ1) is 32.2. The van der Waals surface area contributed by atoms with Crippen LogP contribution < -0.4 is 16.4 Å². The maximum absolute atomic E-state index is 13.9. The van der Waals surface area contributed by atoms with Gasteiger partial charge in [0.2, 0.25) is 11.7 Å². The fraction of sp³-hybridized carbons (Fsp3) is 0.414. The van der Waals surface area contributed by atoms with Gasteiger partial charge in [0, 0.05) is 11.5 Å². The van der Waals surface area contributed by atoms with E-state index in [4.69, 9.17) is 10.5 Å².